The van der Waals surface area contributed by atoms with Gasteiger partial charge in [0.05, 0.1) is 50.1 Å². The lowest BCUT2D eigenvalue weighted by Gasteiger charge is -2.29. The van der Waals surface area contributed by atoms with E-state index in [-0.39, 0.29) is 0 Å². The Hall–Kier alpha value is -9.56. The smallest absolute Gasteiger partial charge is 0.101 e. The van der Waals surface area contributed by atoms with Crippen LogP contribution in [0.2, 0.25) is 0 Å². The molecule has 2 aliphatic rings. The number of nitriles is 1. The molecule has 0 N–H and O–H groups in total. The molecule has 3 heterocycles. The van der Waals surface area contributed by atoms with Crippen LogP contribution >= 0.6 is 0 Å². The number of aromatic nitrogens is 3. The van der Waals surface area contributed by atoms with E-state index in [4.69, 9.17) is 4.98 Å². The van der Waals surface area contributed by atoms with Gasteiger partial charge >= 0.3 is 0 Å². The molecular formula is C67H40N4. The maximum absolute atomic E-state index is 11.6. The van der Waals surface area contributed by atoms with Gasteiger partial charge in [-0.15, -0.1) is 0 Å². The normalized spacial score (nSPS) is 12.9. The van der Waals surface area contributed by atoms with E-state index >= 15 is 0 Å². The summed E-state index contributed by atoms with van der Waals surface area (Å²) in [4.78, 5) is 5.48. The van der Waals surface area contributed by atoms with Crippen LogP contribution in [0.1, 0.15) is 27.9 Å². The average molecular weight is 901 g/mol. The van der Waals surface area contributed by atoms with E-state index in [2.05, 4.69) is 252 Å². The molecule has 1 spiro atoms. The second kappa shape index (κ2) is 15.0. The molecule has 4 heteroatoms. The number of fused-ring (bicyclic) bond motifs is 16. The zero-order chi connectivity index (χ0) is 46.8. The summed E-state index contributed by atoms with van der Waals surface area (Å²) in [6, 6.07) is 88.0. The molecule has 3 aromatic heterocycles. The molecule has 0 fully saturated rings. The summed E-state index contributed by atoms with van der Waals surface area (Å²) in [5.74, 6) is 0. The van der Waals surface area contributed by atoms with E-state index in [0.29, 0.717) is 5.56 Å². The van der Waals surface area contributed by atoms with Crippen LogP contribution in [-0.2, 0) is 5.41 Å². The molecule has 0 amide bonds. The molecule has 0 unspecified atom stereocenters. The van der Waals surface area contributed by atoms with Crippen LogP contribution in [0.3, 0.4) is 0 Å². The Bertz CT molecular complexity index is 4370. The van der Waals surface area contributed by atoms with Crippen LogP contribution in [0.5, 0.6) is 0 Å². The third-order valence-corrected chi connectivity index (χ3v) is 15.4. The minimum Gasteiger partial charge on any atom is -0.309 e. The first-order valence-electron chi connectivity index (χ1n) is 24.3. The highest BCUT2D eigenvalue weighted by atomic mass is 15.0. The molecule has 2 aliphatic carbocycles. The molecule has 71 heavy (non-hydrogen) atoms. The lowest BCUT2D eigenvalue weighted by Crippen LogP contribution is -2.27. The van der Waals surface area contributed by atoms with Crippen molar-refractivity contribution in [3.05, 3.63) is 271 Å². The first-order chi connectivity index (χ1) is 35.2. The van der Waals surface area contributed by atoms with Gasteiger partial charge in [0.25, 0.3) is 0 Å². The second-order valence-electron chi connectivity index (χ2n) is 18.9. The first kappa shape index (κ1) is 39.4. The Balaban J connectivity index is 1.07. The van der Waals surface area contributed by atoms with E-state index in [9.17, 15) is 5.26 Å². The van der Waals surface area contributed by atoms with Gasteiger partial charge < -0.3 is 9.13 Å². The van der Waals surface area contributed by atoms with Crippen molar-refractivity contribution in [2.24, 2.45) is 0 Å². The van der Waals surface area contributed by atoms with Crippen LogP contribution in [0.4, 0.5) is 0 Å². The van der Waals surface area contributed by atoms with Gasteiger partial charge in [-0.05, 0) is 116 Å². The van der Waals surface area contributed by atoms with Crippen molar-refractivity contribution in [3.63, 3.8) is 0 Å². The van der Waals surface area contributed by atoms with E-state index in [1.807, 2.05) is 6.20 Å². The standard InChI is InChI=1S/C67H40N4/c68-41-46-39-64(71-60-30-16-11-24-50(60)54-38-45(32-34-62(54)71)43-19-5-2-6-20-43)55(40-63(46)70-59-29-15-10-23-49(59)53-37-44(31-33-61(53)70)42-17-3-1-4-18-42)51-35-36-69-66-65(51)52-25-9-14-28-58(52)67(66)56-26-12-7-21-47(56)48-22-8-13-27-57(48)67/h1-40H. The van der Waals surface area contributed by atoms with E-state index in [0.717, 1.165) is 99.6 Å². The van der Waals surface area contributed by atoms with Gasteiger partial charge in [-0.1, -0.05) is 182 Å². The van der Waals surface area contributed by atoms with Crippen LogP contribution < -0.4 is 0 Å². The second-order valence-corrected chi connectivity index (χ2v) is 18.9. The number of rotatable bonds is 5. The molecule has 0 bridgehead atoms. The Labute approximate surface area is 410 Å². The Morgan fingerprint density at radius 2 is 0.817 bits per heavy atom. The molecular weight excluding hydrogens is 861 g/mol. The summed E-state index contributed by atoms with van der Waals surface area (Å²) in [5, 5.41) is 16.1. The van der Waals surface area contributed by atoms with Crippen LogP contribution in [0.25, 0.3) is 111 Å². The molecule has 13 aromatic rings. The lowest BCUT2D eigenvalue weighted by molar-refractivity contribution is 0.760. The fourth-order valence-electron chi connectivity index (χ4n) is 12.5. The zero-order valence-electron chi connectivity index (χ0n) is 38.4. The van der Waals surface area contributed by atoms with Crippen LogP contribution in [0.15, 0.2) is 243 Å². The van der Waals surface area contributed by atoms with Gasteiger partial charge in [0.1, 0.15) is 6.07 Å². The van der Waals surface area contributed by atoms with Gasteiger partial charge in [0, 0.05) is 38.9 Å². The fraction of sp³-hybridized carbons (Fsp3) is 0.0149. The SMILES string of the molecule is N#Cc1cc(-n2c3ccccc3c3cc(-c4ccccc4)ccc32)c(-c2ccnc3c2-c2ccccc2C32c3ccccc3-c3ccccc32)cc1-n1c2ccccc2c2cc(-c3ccccc3)ccc21. The fourth-order valence-corrected chi connectivity index (χ4v) is 12.5. The predicted octanol–water partition coefficient (Wildman–Crippen LogP) is 16.5. The first-order valence-corrected chi connectivity index (χ1v) is 24.3. The van der Waals surface area contributed by atoms with Crippen molar-refractivity contribution in [1.82, 2.24) is 14.1 Å². The summed E-state index contributed by atoms with van der Waals surface area (Å²) in [6.07, 6.45) is 2.01. The van der Waals surface area contributed by atoms with Crippen molar-refractivity contribution in [1.29, 1.82) is 5.26 Å². The molecule has 0 aliphatic heterocycles. The molecule has 328 valence electrons. The number of nitrogens with zero attached hydrogens (tertiary/aromatic N) is 4. The van der Waals surface area contributed by atoms with Gasteiger partial charge in [-0.3, -0.25) is 4.98 Å². The Kier molecular flexibility index (Phi) is 8.31. The minimum absolute atomic E-state index is 0.576. The maximum atomic E-state index is 11.6. The molecule has 0 saturated heterocycles. The third-order valence-electron chi connectivity index (χ3n) is 15.4. The van der Waals surface area contributed by atoms with Gasteiger partial charge in [0.2, 0.25) is 0 Å². The predicted molar refractivity (Wildman–Crippen MR) is 290 cm³/mol. The molecule has 0 radical (unpaired) electrons. The van der Waals surface area contributed by atoms with Gasteiger partial charge in [-0.25, -0.2) is 0 Å². The summed E-state index contributed by atoms with van der Waals surface area (Å²) in [7, 11) is 0. The van der Waals surface area contributed by atoms with Crippen molar-refractivity contribution >= 4 is 43.6 Å². The summed E-state index contributed by atoms with van der Waals surface area (Å²) in [6.45, 7) is 0. The van der Waals surface area contributed by atoms with Gasteiger partial charge in [-0.2, -0.15) is 5.26 Å². The molecule has 0 saturated carbocycles. The van der Waals surface area contributed by atoms with E-state index in [1.165, 1.54) is 33.4 Å². The van der Waals surface area contributed by atoms with Crippen molar-refractivity contribution in [2.45, 2.75) is 5.41 Å². The number of pyridine rings is 1. The van der Waals surface area contributed by atoms with E-state index in [1.54, 1.807) is 0 Å². The number of para-hydroxylation sites is 2. The van der Waals surface area contributed by atoms with Crippen molar-refractivity contribution in [3.8, 4) is 73.1 Å². The molecule has 4 nitrogen and oxygen atoms in total. The highest BCUT2D eigenvalue weighted by Gasteiger charge is 2.53. The van der Waals surface area contributed by atoms with Crippen molar-refractivity contribution in [2.75, 3.05) is 0 Å². The largest absolute Gasteiger partial charge is 0.309 e. The van der Waals surface area contributed by atoms with Crippen LogP contribution in [-0.4, -0.2) is 14.1 Å². The highest BCUT2D eigenvalue weighted by Crippen LogP contribution is 2.63. The van der Waals surface area contributed by atoms with E-state index < -0.39 is 5.41 Å². The number of benzene rings is 10. The summed E-state index contributed by atoms with van der Waals surface area (Å²) in [5.41, 5.74) is 22.1. The maximum Gasteiger partial charge on any atom is 0.101 e. The van der Waals surface area contributed by atoms with Crippen molar-refractivity contribution < 1.29 is 0 Å². The van der Waals surface area contributed by atoms with Gasteiger partial charge in [0.15, 0.2) is 0 Å². The summed E-state index contributed by atoms with van der Waals surface area (Å²) >= 11 is 0. The van der Waals surface area contributed by atoms with Crippen LogP contribution in [0, 0.1) is 11.3 Å². The Morgan fingerprint density at radius 3 is 1.38 bits per heavy atom. The third kappa shape index (κ3) is 5.40. The zero-order valence-corrected chi connectivity index (χ0v) is 38.4. The minimum atomic E-state index is -0.630. The molecule has 0 atom stereocenters. The topological polar surface area (TPSA) is 46.5 Å². The number of hydrogen-bond acceptors (Lipinski definition) is 2. The molecule has 10 aromatic carbocycles. The lowest BCUT2D eigenvalue weighted by atomic mass is 9.72. The average Bonchev–Trinajstić information content (AvgIpc) is 4.15. The Morgan fingerprint density at radius 1 is 0.352 bits per heavy atom. The molecule has 15 rings (SSSR count). The highest BCUT2D eigenvalue weighted by molar-refractivity contribution is 6.13. The quantitative estimate of drug-likeness (QED) is 0.173. The number of hydrogen-bond donors (Lipinski definition) is 0. The summed E-state index contributed by atoms with van der Waals surface area (Å²) < 4.78 is 4.70. The monoisotopic (exact) mass is 900 g/mol.